The fraction of sp³-hybridized carbons (Fsp3) is 0.250. The van der Waals surface area contributed by atoms with E-state index in [2.05, 4.69) is 12.1 Å². The molecule has 2 aromatic carbocycles. The van der Waals surface area contributed by atoms with Gasteiger partial charge in [0.1, 0.15) is 5.75 Å². The van der Waals surface area contributed by atoms with E-state index in [0.29, 0.717) is 13.2 Å². The van der Waals surface area contributed by atoms with Crippen molar-refractivity contribution in [2.45, 2.75) is 19.0 Å². The Morgan fingerprint density at radius 1 is 0.947 bits per heavy atom. The third-order valence-electron chi connectivity index (χ3n) is 3.91. The predicted molar refractivity (Wildman–Crippen MR) is 69.8 cm³/mol. The summed E-state index contributed by atoms with van der Waals surface area (Å²) in [6.07, 6.45) is 0. The molecule has 19 heavy (non-hydrogen) atoms. The summed E-state index contributed by atoms with van der Waals surface area (Å²) >= 11 is 0. The predicted octanol–water partition coefficient (Wildman–Crippen LogP) is 2.96. The maximum absolute atomic E-state index is 6.02. The lowest BCUT2D eigenvalue weighted by molar-refractivity contribution is -0.200. The molecule has 96 valence electrons. The Hall–Kier alpha value is -1.84. The van der Waals surface area contributed by atoms with Crippen LogP contribution in [0, 0.1) is 0 Å². The normalized spacial score (nSPS) is 23.4. The summed E-state index contributed by atoms with van der Waals surface area (Å²) in [4.78, 5) is 0. The van der Waals surface area contributed by atoms with E-state index in [1.165, 1.54) is 5.56 Å². The van der Waals surface area contributed by atoms with E-state index in [1.807, 2.05) is 30.3 Å². The van der Waals surface area contributed by atoms with Gasteiger partial charge in [0.15, 0.2) is 0 Å². The van der Waals surface area contributed by atoms with E-state index in [-0.39, 0.29) is 0 Å². The summed E-state index contributed by atoms with van der Waals surface area (Å²) in [6, 6.07) is 14.3. The zero-order valence-electron chi connectivity index (χ0n) is 10.7. The summed E-state index contributed by atoms with van der Waals surface area (Å²) in [5, 5.41) is 0. The van der Waals surface area contributed by atoms with Crippen LogP contribution in [0.3, 0.4) is 0 Å². The molecule has 0 aromatic heterocycles. The molecular formula is C16H14O3. The largest absolute Gasteiger partial charge is 0.497 e. The average molecular weight is 254 g/mol. The molecule has 3 heteroatoms. The second kappa shape index (κ2) is 3.83. The molecule has 0 N–H and O–H groups in total. The highest BCUT2D eigenvalue weighted by Crippen LogP contribution is 2.49. The summed E-state index contributed by atoms with van der Waals surface area (Å²) in [5.41, 5.74) is 4.54. The molecule has 0 fully saturated rings. The minimum Gasteiger partial charge on any atom is -0.497 e. The van der Waals surface area contributed by atoms with E-state index in [0.717, 1.165) is 22.4 Å². The van der Waals surface area contributed by atoms with Gasteiger partial charge in [-0.1, -0.05) is 30.3 Å². The van der Waals surface area contributed by atoms with E-state index >= 15 is 0 Å². The third-order valence-corrected chi connectivity index (χ3v) is 3.91. The molecule has 0 saturated carbocycles. The van der Waals surface area contributed by atoms with Crippen LogP contribution in [0.15, 0.2) is 42.5 Å². The first-order chi connectivity index (χ1) is 9.33. The van der Waals surface area contributed by atoms with Gasteiger partial charge in [-0.3, -0.25) is 0 Å². The average Bonchev–Trinajstić information content (AvgIpc) is 3.03. The van der Waals surface area contributed by atoms with Crippen molar-refractivity contribution in [3.05, 3.63) is 64.7 Å². The molecule has 3 nitrogen and oxygen atoms in total. The van der Waals surface area contributed by atoms with Gasteiger partial charge in [-0.2, -0.15) is 0 Å². The Bertz CT molecular complexity index is 646. The van der Waals surface area contributed by atoms with Crippen molar-refractivity contribution in [3.63, 3.8) is 0 Å². The van der Waals surface area contributed by atoms with E-state index in [4.69, 9.17) is 14.2 Å². The molecule has 0 bridgehead atoms. The fourth-order valence-electron chi connectivity index (χ4n) is 2.94. The number of hydrogen-bond donors (Lipinski definition) is 0. The van der Waals surface area contributed by atoms with Crippen LogP contribution in [-0.2, 0) is 28.5 Å². The lowest BCUT2D eigenvalue weighted by Gasteiger charge is -2.24. The zero-order chi connectivity index (χ0) is 12.9. The van der Waals surface area contributed by atoms with E-state index in [9.17, 15) is 0 Å². The highest BCUT2D eigenvalue weighted by atomic mass is 16.7. The van der Waals surface area contributed by atoms with Gasteiger partial charge in [0, 0.05) is 11.1 Å². The van der Waals surface area contributed by atoms with Crippen LogP contribution >= 0.6 is 0 Å². The lowest BCUT2D eigenvalue weighted by Crippen LogP contribution is -2.25. The standard InChI is InChI=1S/C16H14O3/c1-17-13-7-6-12-10-19-16(15(12)8-13)14-5-3-2-4-11(14)9-18-16/h2-8H,9-10H2,1H3. The topological polar surface area (TPSA) is 27.7 Å². The quantitative estimate of drug-likeness (QED) is 0.783. The second-order valence-corrected chi connectivity index (χ2v) is 4.87. The molecular weight excluding hydrogens is 240 g/mol. The Morgan fingerprint density at radius 3 is 2.47 bits per heavy atom. The first kappa shape index (κ1) is 11.0. The van der Waals surface area contributed by atoms with E-state index in [1.54, 1.807) is 7.11 Å². The Balaban J connectivity index is 1.93. The van der Waals surface area contributed by atoms with Crippen LogP contribution in [0.25, 0.3) is 0 Å². The van der Waals surface area contributed by atoms with Gasteiger partial charge in [0.2, 0.25) is 5.79 Å². The van der Waals surface area contributed by atoms with Crippen LogP contribution in [0.5, 0.6) is 5.75 Å². The zero-order valence-corrected chi connectivity index (χ0v) is 10.7. The van der Waals surface area contributed by atoms with Gasteiger partial charge in [-0.25, -0.2) is 0 Å². The van der Waals surface area contributed by atoms with Crippen LogP contribution in [0.1, 0.15) is 22.3 Å². The molecule has 0 radical (unpaired) electrons. The molecule has 2 aliphatic heterocycles. The molecule has 2 aliphatic rings. The smallest absolute Gasteiger partial charge is 0.223 e. The minimum atomic E-state index is -0.736. The molecule has 0 amide bonds. The lowest BCUT2D eigenvalue weighted by atomic mass is 9.94. The maximum atomic E-state index is 6.02. The number of fused-ring (bicyclic) bond motifs is 4. The molecule has 1 unspecified atom stereocenters. The summed E-state index contributed by atoms with van der Waals surface area (Å²) < 4.78 is 17.4. The molecule has 0 aliphatic carbocycles. The molecule has 1 atom stereocenters. The Morgan fingerprint density at radius 2 is 1.68 bits per heavy atom. The Kier molecular flexibility index (Phi) is 2.22. The Labute approximate surface area is 111 Å². The van der Waals surface area contributed by atoms with Crippen molar-refractivity contribution >= 4 is 0 Å². The van der Waals surface area contributed by atoms with Gasteiger partial charge < -0.3 is 14.2 Å². The van der Waals surface area contributed by atoms with Crippen LogP contribution in [-0.4, -0.2) is 7.11 Å². The van der Waals surface area contributed by atoms with Crippen molar-refractivity contribution in [2.75, 3.05) is 7.11 Å². The van der Waals surface area contributed by atoms with Crippen molar-refractivity contribution in [1.29, 1.82) is 0 Å². The second-order valence-electron chi connectivity index (χ2n) is 4.87. The van der Waals surface area contributed by atoms with Crippen molar-refractivity contribution in [3.8, 4) is 5.75 Å². The van der Waals surface area contributed by atoms with Crippen molar-refractivity contribution < 1.29 is 14.2 Å². The van der Waals surface area contributed by atoms with Crippen molar-refractivity contribution in [1.82, 2.24) is 0 Å². The highest BCUT2D eigenvalue weighted by Gasteiger charge is 2.48. The van der Waals surface area contributed by atoms with Crippen molar-refractivity contribution in [2.24, 2.45) is 0 Å². The van der Waals surface area contributed by atoms with Crippen LogP contribution in [0.2, 0.25) is 0 Å². The van der Waals surface area contributed by atoms with Gasteiger partial charge in [-0.05, 0) is 23.3 Å². The van der Waals surface area contributed by atoms with Gasteiger partial charge >= 0.3 is 0 Å². The SMILES string of the molecule is COc1ccc2c(c1)C1(OCc3ccccc31)OC2. The molecule has 0 saturated heterocycles. The number of hydrogen-bond acceptors (Lipinski definition) is 3. The summed E-state index contributed by atoms with van der Waals surface area (Å²) in [7, 11) is 1.67. The first-order valence-corrected chi connectivity index (χ1v) is 6.37. The minimum absolute atomic E-state index is 0.577. The van der Waals surface area contributed by atoms with Gasteiger partial charge in [0.25, 0.3) is 0 Å². The highest BCUT2D eigenvalue weighted by molar-refractivity contribution is 5.49. The molecule has 1 spiro atoms. The number of benzene rings is 2. The third kappa shape index (κ3) is 1.40. The summed E-state index contributed by atoms with van der Waals surface area (Å²) in [6.45, 7) is 1.17. The fourth-order valence-corrected chi connectivity index (χ4v) is 2.94. The number of ether oxygens (including phenoxy) is 3. The molecule has 2 aromatic rings. The first-order valence-electron chi connectivity index (χ1n) is 6.37. The monoisotopic (exact) mass is 254 g/mol. The number of methoxy groups -OCH3 is 1. The van der Waals surface area contributed by atoms with Crippen LogP contribution in [0.4, 0.5) is 0 Å². The van der Waals surface area contributed by atoms with Crippen LogP contribution < -0.4 is 4.74 Å². The maximum Gasteiger partial charge on any atom is 0.223 e. The number of rotatable bonds is 1. The van der Waals surface area contributed by atoms with Gasteiger partial charge in [0.05, 0.1) is 20.3 Å². The van der Waals surface area contributed by atoms with Gasteiger partial charge in [-0.15, -0.1) is 0 Å². The summed E-state index contributed by atoms with van der Waals surface area (Å²) in [5.74, 6) is 0.0945. The van der Waals surface area contributed by atoms with E-state index < -0.39 is 5.79 Å². The molecule has 2 heterocycles. The molecule has 4 rings (SSSR count).